The number of aryl methyl sites for hydroxylation is 2. The fourth-order valence-electron chi connectivity index (χ4n) is 1.99. The van der Waals surface area contributed by atoms with E-state index in [-0.39, 0.29) is 0 Å². The number of H-pyrrole nitrogens is 1. The van der Waals surface area contributed by atoms with Gasteiger partial charge in [0, 0.05) is 12.6 Å². The van der Waals surface area contributed by atoms with Crippen LogP contribution in [0.25, 0.3) is 11.2 Å². The fraction of sp³-hybridized carbons (Fsp3) is 0.538. The van der Waals surface area contributed by atoms with Crippen molar-refractivity contribution in [2.45, 2.75) is 39.0 Å². The molecule has 17 heavy (non-hydrogen) atoms. The van der Waals surface area contributed by atoms with Crippen LogP contribution in [0.4, 0.5) is 0 Å². The molecule has 0 aliphatic rings. The molecule has 0 radical (unpaired) electrons. The van der Waals surface area contributed by atoms with Gasteiger partial charge in [0.2, 0.25) is 0 Å². The molecule has 2 aromatic heterocycles. The zero-order valence-corrected chi connectivity index (χ0v) is 10.4. The summed E-state index contributed by atoms with van der Waals surface area (Å²) < 4.78 is 0. The van der Waals surface area contributed by atoms with Gasteiger partial charge in [-0.3, -0.25) is 0 Å². The first kappa shape index (κ1) is 12.0. The summed E-state index contributed by atoms with van der Waals surface area (Å²) in [5.41, 5.74) is 8.58. The Balaban J connectivity index is 1.93. The van der Waals surface area contributed by atoms with Gasteiger partial charge in [0.15, 0.2) is 5.65 Å². The molecule has 0 aromatic carbocycles. The van der Waals surface area contributed by atoms with Crippen molar-refractivity contribution in [1.82, 2.24) is 15.0 Å². The number of aromatic amines is 1. The van der Waals surface area contributed by atoms with E-state index in [1.165, 1.54) is 24.8 Å². The Bertz CT molecular complexity index is 475. The van der Waals surface area contributed by atoms with Crippen LogP contribution in [0, 0.1) is 6.92 Å². The molecule has 2 aromatic rings. The highest BCUT2D eigenvalue weighted by Gasteiger charge is 2.05. The minimum absolute atomic E-state index is 0.799. The monoisotopic (exact) mass is 232 g/mol. The van der Waals surface area contributed by atoms with E-state index in [1.807, 2.05) is 12.3 Å². The minimum atomic E-state index is 0.799. The maximum absolute atomic E-state index is 5.46. The smallest absolute Gasteiger partial charge is 0.177 e. The van der Waals surface area contributed by atoms with Crippen molar-refractivity contribution in [3.8, 4) is 0 Å². The van der Waals surface area contributed by atoms with Crippen LogP contribution in [-0.2, 0) is 6.42 Å². The number of aromatic nitrogens is 3. The lowest BCUT2D eigenvalue weighted by Gasteiger charge is -1.97. The summed E-state index contributed by atoms with van der Waals surface area (Å²) in [5.74, 6) is 1.05. The Labute approximate surface area is 102 Å². The molecule has 0 aliphatic heterocycles. The van der Waals surface area contributed by atoms with Crippen molar-refractivity contribution in [2.24, 2.45) is 5.73 Å². The first-order valence-corrected chi connectivity index (χ1v) is 6.31. The second-order valence-electron chi connectivity index (χ2n) is 4.46. The predicted molar refractivity (Wildman–Crippen MR) is 69.9 cm³/mol. The summed E-state index contributed by atoms with van der Waals surface area (Å²) in [7, 11) is 0. The molecule has 2 rings (SSSR count). The summed E-state index contributed by atoms with van der Waals surface area (Å²) >= 11 is 0. The van der Waals surface area contributed by atoms with Gasteiger partial charge in [-0.05, 0) is 37.9 Å². The average molecular weight is 232 g/mol. The predicted octanol–water partition coefficient (Wildman–Crippen LogP) is 2.33. The second-order valence-corrected chi connectivity index (χ2v) is 4.46. The topological polar surface area (TPSA) is 67.6 Å². The third kappa shape index (κ3) is 3.03. The zero-order chi connectivity index (χ0) is 12.1. The molecule has 0 bridgehead atoms. The average Bonchev–Trinajstić information content (AvgIpc) is 2.73. The second kappa shape index (κ2) is 5.77. The number of rotatable bonds is 6. The van der Waals surface area contributed by atoms with E-state index < -0.39 is 0 Å². The molecule has 0 atom stereocenters. The molecule has 92 valence electrons. The molecule has 0 unspecified atom stereocenters. The van der Waals surface area contributed by atoms with Gasteiger partial charge in [0.05, 0.1) is 5.52 Å². The van der Waals surface area contributed by atoms with Crippen LogP contribution in [0.3, 0.4) is 0 Å². The molecular weight excluding hydrogens is 212 g/mol. The van der Waals surface area contributed by atoms with E-state index in [0.717, 1.165) is 36.4 Å². The quantitative estimate of drug-likeness (QED) is 0.751. The number of hydrogen-bond acceptors (Lipinski definition) is 3. The largest absolute Gasteiger partial charge is 0.340 e. The van der Waals surface area contributed by atoms with Crippen LogP contribution < -0.4 is 5.73 Å². The first-order chi connectivity index (χ1) is 8.31. The molecule has 0 fully saturated rings. The normalized spacial score (nSPS) is 11.2. The summed E-state index contributed by atoms with van der Waals surface area (Å²) in [6.45, 7) is 2.88. The highest BCUT2D eigenvalue weighted by atomic mass is 15.0. The lowest BCUT2D eigenvalue weighted by atomic mass is 10.1. The lowest BCUT2D eigenvalue weighted by Crippen LogP contribution is -1.98. The number of nitrogens with one attached hydrogen (secondary N) is 1. The molecule has 3 N–H and O–H groups in total. The van der Waals surface area contributed by atoms with Crippen molar-refractivity contribution in [2.75, 3.05) is 6.54 Å². The van der Waals surface area contributed by atoms with Gasteiger partial charge in [0.1, 0.15) is 5.82 Å². The third-order valence-corrected chi connectivity index (χ3v) is 3.02. The van der Waals surface area contributed by atoms with E-state index in [2.05, 4.69) is 21.9 Å². The van der Waals surface area contributed by atoms with Crippen LogP contribution in [0.15, 0.2) is 12.3 Å². The number of unbranched alkanes of at least 4 members (excludes halogenated alkanes) is 3. The lowest BCUT2D eigenvalue weighted by molar-refractivity contribution is 0.638. The van der Waals surface area contributed by atoms with Crippen LogP contribution >= 0.6 is 0 Å². The van der Waals surface area contributed by atoms with Crippen molar-refractivity contribution in [1.29, 1.82) is 0 Å². The number of hydrogen-bond donors (Lipinski definition) is 2. The van der Waals surface area contributed by atoms with Crippen LogP contribution in [-0.4, -0.2) is 21.5 Å². The van der Waals surface area contributed by atoms with Crippen molar-refractivity contribution < 1.29 is 0 Å². The Morgan fingerprint density at radius 3 is 2.82 bits per heavy atom. The van der Waals surface area contributed by atoms with E-state index in [1.54, 1.807) is 0 Å². The Morgan fingerprint density at radius 2 is 2.06 bits per heavy atom. The Morgan fingerprint density at radius 1 is 1.24 bits per heavy atom. The fourth-order valence-corrected chi connectivity index (χ4v) is 1.99. The van der Waals surface area contributed by atoms with Crippen molar-refractivity contribution in [3.05, 3.63) is 23.7 Å². The zero-order valence-electron chi connectivity index (χ0n) is 10.4. The number of nitrogens with zero attached hydrogens (tertiary/aromatic N) is 2. The summed E-state index contributed by atoms with van der Waals surface area (Å²) in [6.07, 6.45) is 7.54. The standard InChI is InChI=1S/C13H20N4/c1-10-7-9-15-13-12(10)16-11(17-13)6-4-2-3-5-8-14/h7,9H,2-6,8,14H2,1H3,(H,15,16,17). The van der Waals surface area contributed by atoms with E-state index >= 15 is 0 Å². The van der Waals surface area contributed by atoms with Crippen molar-refractivity contribution in [3.63, 3.8) is 0 Å². The molecule has 0 spiro atoms. The van der Waals surface area contributed by atoms with Gasteiger partial charge < -0.3 is 10.7 Å². The minimum Gasteiger partial charge on any atom is -0.340 e. The van der Waals surface area contributed by atoms with Gasteiger partial charge in [-0.1, -0.05) is 12.8 Å². The third-order valence-electron chi connectivity index (χ3n) is 3.02. The molecule has 4 nitrogen and oxygen atoms in total. The molecule has 0 saturated carbocycles. The molecule has 2 heterocycles. The summed E-state index contributed by atoms with van der Waals surface area (Å²) in [6, 6.07) is 2.01. The van der Waals surface area contributed by atoms with Crippen molar-refractivity contribution >= 4 is 11.2 Å². The SMILES string of the molecule is Cc1ccnc2nc(CCCCCCN)[nH]c12. The van der Waals surface area contributed by atoms with E-state index in [4.69, 9.17) is 5.73 Å². The maximum Gasteiger partial charge on any atom is 0.177 e. The Kier molecular flexibility index (Phi) is 4.09. The summed E-state index contributed by atoms with van der Waals surface area (Å²) in [5, 5.41) is 0. The Hall–Kier alpha value is -1.42. The van der Waals surface area contributed by atoms with Gasteiger partial charge in [0.25, 0.3) is 0 Å². The molecule has 0 aliphatic carbocycles. The highest BCUT2D eigenvalue weighted by molar-refractivity contribution is 5.74. The highest BCUT2D eigenvalue weighted by Crippen LogP contribution is 2.14. The molecular formula is C13H20N4. The maximum atomic E-state index is 5.46. The number of pyridine rings is 1. The van der Waals surface area contributed by atoms with Gasteiger partial charge in [-0.25, -0.2) is 9.97 Å². The van der Waals surface area contributed by atoms with Crippen LogP contribution in [0.5, 0.6) is 0 Å². The van der Waals surface area contributed by atoms with Gasteiger partial charge in [-0.15, -0.1) is 0 Å². The molecule has 4 heteroatoms. The number of imidazole rings is 1. The molecule has 0 saturated heterocycles. The van der Waals surface area contributed by atoms with Gasteiger partial charge >= 0.3 is 0 Å². The van der Waals surface area contributed by atoms with Crippen LogP contribution in [0.1, 0.15) is 37.1 Å². The molecule has 0 amide bonds. The van der Waals surface area contributed by atoms with E-state index in [9.17, 15) is 0 Å². The number of fused-ring (bicyclic) bond motifs is 1. The van der Waals surface area contributed by atoms with Crippen LogP contribution in [0.2, 0.25) is 0 Å². The van der Waals surface area contributed by atoms with Gasteiger partial charge in [-0.2, -0.15) is 0 Å². The summed E-state index contributed by atoms with van der Waals surface area (Å²) in [4.78, 5) is 12.1. The first-order valence-electron chi connectivity index (χ1n) is 6.31. The van der Waals surface area contributed by atoms with E-state index in [0.29, 0.717) is 0 Å². The number of nitrogens with two attached hydrogens (primary N) is 1.